The van der Waals surface area contributed by atoms with Gasteiger partial charge in [0.15, 0.2) is 0 Å². The average molecular weight is 266 g/mol. The van der Waals surface area contributed by atoms with Gasteiger partial charge in [-0.25, -0.2) is 4.39 Å². The Labute approximate surface area is 114 Å². The molecule has 1 aliphatic rings. The van der Waals surface area contributed by atoms with Crippen molar-refractivity contribution in [3.8, 4) is 0 Å². The maximum absolute atomic E-state index is 13.2. The van der Waals surface area contributed by atoms with Crippen molar-refractivity contribution in [3.05, 3.63) is 35.6 Å². The molecule has 19 heavy (non-hydrogen) atoms. The first-order valence-electron chi connectivity index (χ1n) is 7.08. The second kappa shape index (κ2) is 7.58. The maximum Gasteiger partial charge on any atom is 0.123 e. The largest absolute Gasteiger partial charge is 0.379 e. The average Bonchev–Trinajstić information content (AvgIpc) is 2.45. The summed E-state index contributed by atoms with van der Waals surface area (Å²) in [6.45, 7) is 7.76. The highest BCUT2D eigenvalue weighted by Gasteiger charge is 2.12. The second-order valence-electron chi connectivity index (χ2n) is 4.92. The van der Waals surface area contributed by atoms with Crippen molar-refractivity contribution >= 4 is 0 Å². The molecule has 1 atom stereocenters. The number of nitrogens with one attached hydrogen (secondary N) is 1. The first kappa shape index (κ1) is 14.4. The van der Waals surface area contributed by atoms with Crippen LogP contribution in [0.5, 0.6) is 0 Å². The van der Waals surface area contributed by atoms with Gasteiger partial charge in [-0.05, 0) is 24.1 Å². The predicted molar refractivity (Wildman–Crippen MR) is 74.7 cm³/mol. The van der Waals surface area contributed by atoms with Gasteiger partial charge in [-0.3, -0.25) is 4.90 Å². The molecule has 0 radical (unpaired) electrons. The van der Waals surface area contributed by atoms with Crippen LogP contribution in [0.15, 0.2) is 24.3 Å². The Balaban J connectivity index is 1.79. The van der Waals surface area contributed by atoms with E-state index in [-0.39, 0.29) is 11.9 Å². The standard InChI is InChI=1S/C15H23FN2O/c1-2-15(13-4-3-5-14(16)12-13)17-6-7-18-8-10-19-11-9-18/h3-5,12,15,17H,2,6-11H2,1H3. The lowest BCUT2D eigenvalue weighted by Gasteiger charge is -2.27. The molecule has 106 valence electrons. The third-order valence-corrected chi connectivity index (χ3v) is 3.58. The van der Waals surface area contributed by atoms with Gasteiger partial charge in [0.1, 0.15) is 5.82 Å². The summed E-state index contributed by atoms with van der Waals surface area (Å²) in [5.74, 6) is -0.161. The second-order valence-corrected chi connectivity index (χ2v) is 4.92. The van der Waals surface area contributed by atoms with Gasteiger partial charge >= 0.3 is 0 Å². The number of halogens is 1. The van der Waals surface area contributed by atoms with E-state index in [2.05, 4.69) is 17.1 Å². The van der Waals surface area contributed by atoms with Crippen LogP contribution in [-0.4, -0.2) is 44.3 Å². The van der Waals surface area contributed by atoms with Crippen molar-refractivity contribution in [3.63, 3.8) is 0 Å². The van der Waals surface area contributed by atoms with E-state index >= 15 is 0 Å². The molecule has 1 heterocycles. The van der Waals surface area contributed by atoms with Crippen LogP contribution in [0.1, 0.15) is 24.9 Å². The van der Waals surface area contributed by atoms with E-state index in [9.17, 15) is 4.39 Å². The monoisotopic (exact) mass is 266 g/mol. The molecular weight excluding hydrogens is 243 g/mol. The summed E-state index contributed by atoms with van der Waals surface area (Å²) in [5, 5.41) is 3.51. The lowest BCUT2D eigenvalue weighted by atomic mass is 10.0. The number of hydrogen-bond acceptors (Lipinski definition) is 3. The van der Waals surface area contributed by atoms with Crippen molar-refractivity contribution in [2.45, 2.75) is 19.4 Å². The molecule has 1 fully saturated rings. The van der Waals surface area contributed by atoms with Crippen molar-refractivity contribution < 1.29 is 9.13 Å². The maximum atomic E-state index is 13.2. The quantitative estimate of drug-likeness (QED) is 0.854. The Hall–Kier alpha value is -0.970. The zero-order chi connectivity index (χ0) is 13.5. The Bertz CT molecular complexity index is 380. The fourth-order valence-electron chi connectivity index (χ4n) is 2.44. The third kappa shape index (κ3) is 4.56. The molecular formula is C15H23FN2O. The first-order chi connectivity index (χ1) is 9.29. The van der Waals surface area contributed by atoms with Crippen LogP contribution in [0.3, 0.4) is 0 Å². The molecule has 0 saturated carbocycles. The van der Waals surface area contributed by atoms with Gasteiger partial charge in [-0.1, -0.05) is 19.1 Å². The van der Waals surface area contributed by atoms with Gasteiger partial charge in [0.25, 0.3) is 0 Å². The summed E-state index contributed by atoms with van der Waals surface area (Å²) in [6, 6.07) is 7.10. The number of rotatable bonds is 6. The minimum absolute atomic E-state index is 0.161. The summed E-state index contributed by atoms with van der Waals surface area (Å²) in [7, 11) is 0. The molecule has 0 bridgehead atoms. The van der Waals surface area contributed by atoms with E-state index in [1.165, 1.54) is 6.07 Å². The summed E-state index contributed by atoms with van der Waals surface area (Å²) in [6.07, 6.45) is 0.965. The third-order valence-electron chi connectivity index (χ3n) is 3.58. The van der Waals surface area contributed by atoms with E-state index in [1.54, 1.807) is 12.1 Å². The topological polar surface area (TPSA) is 24.5 Å². The van der Waals surface area contributed by atoms with Crippen LogP contribution in [0.4, 0.5) is 4.39 Å². The van der Waals surface area contributed by atoms with Gasteiger partial charge in [-0.15, -0.1) is 0 Å². The molecule has 2 rings (SSSR count). The normalized spacial score (nSPS) is 18.4. The predicted octanol–water partition coefficient (Wildman–Crippen LogP) is 2.20. The number of hydrogen-bond donors (Lipinski definition) is 1. The fourth-order valence-corrected chi connectivity index (χ4v) is 2.44. The minimum atomic E-state index is -0.161. The van der Waals surface area contributed by atoms with Gasteiger partial charge in [0.2, 0.25) is 0 Å². The van der Waals surface area contributed by atoms with E-state index < -0.39 is 0 Å². The van der Waals surface area contributed by atoms with E-state index in [0.29, 0.717) is 0 Å². The smallest absolute Gasteiger partial charge is 0.123 e. The molecule has 3 nitrogen and oxygen atoms in total. The van der Waals surface area contributed by atoms with Crippen LogP contribution < -0.4 is 5.32 Å². The van der Waals surface area contributed by atoms with Crippen LogP contribution in [0, 0.1) is 5.82 Å². The van der Waals surface area contributed by atoms with Crippen LogP contribution >= 0.6 is 0 Å². The SMILES string of the molecule is CCC(NCCN1CCOCC1)c1cccc(F)c1. The summed E-state index contributed by atoms with van der Waals surface area (Å²) >= 11 is 0. The zero-order valence-corrected chi connectivity index (χ0v) is 11.6. The molecule has 1 aliphatic heterocycles. The molecule has 1 saturated heterocycles. The van der Waals surface area contributed by atoms with E-state index in [1.807, 2.05) is 6.07 Å². The van der Waals surface area contributed by atoms with Gasteiger partial charge < -0.3 is 10.1 Å². The number of ether oxygens (including phenoxy) is 1. The molecule has 4 heteroatoms. The molecule has 1 aromatic carbocycles. The Morgan fingerprint density at radius 1 is 1.37 bits per heavy atom. The number of benzene rings is 1. The van der Waals surface area contributed by atoms with Gasteiger partial charge in [0.05, 0.1) is 13.2 Å². The highest BCUT2D eigenvalue weighted by molar-refractivity contribution is 5.20. The minimum Gasteiger partial charge on any atom is -0.379 e. The highest BCUT2D eigenvalue weighted by atomic mass is 19.1. The summed E-state index contributed by atoms with van der Waals surface area (Å²) < 4.78 is 18.6. The molecule has 1 unspecified atom stereocenters. The Morgan fingerprint density at radius 2 is 2.16 bits per heavy atom. The van der Waals surface area contributed by atoms with Crippen LogP contribution in [0.2, 0.25) is 0 Å². The lowest BCUT2D eigenvalue weighted by Crippen LogP contribution is -2.40. The summed E-state index contributed by atoms with van der Waals surface area (Å²) in [5.41, 5.74) is 1.03. The number of nitrogens with zero attached hydrogens (tertiary/aromatic N) is 1. The van der Waals surface area contributed by atoms with Gasteiger partial charge in [-0.2, -0.15) is 0 Å². The van der Waals surface area contributed by atoms with Crippen LogP contribution in [-0.2, 0) is 4.74 Å². The molecule has 1 N–H and O–H groups in total. The van der Waals surface area contributed by atoms with Crippen LogP contribution in [0.25, 0.3) is 0 Å². The van der Waals surface area contributed by atoms with Crippen molar-refractivity contribution in [1.29, 1.82) is 0 Å². The molecule has 1 aromatic rings. The van der Waals surface area contributed by atoms with Gasteiger partial charge in [0, 0.05) is 32.2 Å². The molecule has 0 aromatic heterocycles. The fraction of sp³-hybridized carbons (Fsp3) is 0.600. The summed E-state index contributed by atoms with van der Waals surface area (Å²) in [4.78, 5) is 2.40. The lowest BCUT2D eigenvalue weighted by molar-refractivity contribution is 0.0381. The Kier molecular flexibility index (Phi) is 5.76. The van der Waals surface area contributed by atoms with Crippen molar-refractivity contribution in [2.75, 3.05) is 39.4 Å². The molecule has 0 aliphatic carbocycles. The van der Waals surface area contributed by atoms with E-state index in [4.69, 9.17) is 4.74 Å². The zero-order valence-electron chi connectivity index (χ0n) is 11.6. The molecule has 0 spiro atoms. The highest BCUT2D eigenvalue weighted by Crippen LogP contribution is 2.17. The van der Waals surface area contributed by atoms with Crippen molar-refractivity contribution in [2.24, 2.45) is 0 Å². The molecule has 0 amide bonds. The number of morpholine rings is 1. The van der Waals surface area contributed by atoms with E-state index in [0.717, 1.165) is 51.4 Å². The first-order valence-corrected chi connectivity index (χ1v) is 7.08. The van der Waals surface area contributed by atoms with Crippen molar-refractivity contribution in [1.82, 2.24) is 10.2 Å². The Morgan fingerprint density at radius 3 is 2.84 bits per heavy atom.